The molecule has 0 aliphatic carbocycles. The molecule has 0 bridgehead atoms. The molecular weight excluding hydrogens is 99.0 g/mol. The molecule has 0 heterocycles. The van der Waals surface area contributed by atoms with Crippen molar-refractivity contribution in [2.24, 2.45) is 0 Å². The Morgan fingerprint density at radius 3 is 0.833 bits per heavy atom. The Morgan fingerprint density at radius 1 is 0.833 bits per heavy atom. The van der Waals surface area contributed by atoms with Crippen LogP contribution in [0, 0.1) is 0 Å². The van der Waals surface area contributed by atoms with Crippen LogP contribution in [0.15, 0.2) is 0 Å². The van der Waals surface area contributed by atoms with Crippen LogP contribution >= 0.6 is 0 Å². The molecule has 4 nitrogen and oxygen atoms in total. The zero-order valence-electron chi connectivity index (χ0n) is 3.25. The third-order valence-electron chi connectivity index (χ3n) is 0. The van der Waals surface area contributed by atoms with E-state index in [1.54, 1.807) is 0 Å². The average Bonchev–Trinajstić information content (AvgIpc) is 1.00. The molecule has 0 rings (SSSR count). The molecule has 0 unspecified atom stereocenters. The van der Waals surface area contributed by atoms with Crippen LogP contribution < -0.4 is 29.6 Å². The maximum absolute atomic E-state index is 7.50. The van der Waals surface area contributed by atoms with Crippen LogP contribution in [0.25, 0.3) is 0 Å². The average molecular weight is 102 g/mol. The van der Waals surface area contributed by atoms with Crippen molar-refractivity contribution in [1.29, 1.82) is 0 Å². The Hall–Kier alpha value is 0.680. The van der Waals surface area contributed by atoms with Gasteiger partial charge in [-0.3, -0.25) is 0 Å². The first kappa shape index (κ1) is 76.4. The number of hydrogen-bond acceptors (Lipinski definition) is 4. The van der Waals surface area contributed by atoms with E-state index in [1.807, 2.05) is 0 Å². The van der Waals surface area contributed by atoms with Gasteiger partial charge in [0, 0.05) is 0 Å². The Kier molecular flexibility index (Phi) is 3420. The topological polar surface area (TPSA) is 107 Å². The molecule has 32 valence electrons. The molecule has 0 fully saturated rings. The van der Waals surface area contributed by atoms with E-state index in [2.05, 4.69) is 6.79 Å². The van der Waals surface area contributed by atoms with Gasteiger partial charge in [0.15, 0.2) is 0 Å². The van der Waals surface area contributed by atoms with E-state index in [9.17, 15) is 0 Å². The molecule has 0 saturated heterocycles. The summed E-state index contributed by atoms with van der Waals surface area (Å²) in [6, 6.07) is 0. The van der Waals surface area contributed by atoms with Crippen molar-refractivity contribution in [2.75, 3.05) is 0 Å². The van der Waals surface area contributed by atoms with Gasteiger partial charge in [-0.05, 0) is 0 Å². The predicted molar refractivity (Wildman–Crippen MR) is 11.5 cm³/mol. The van der Waals surface area contributed by atoms with Gasteiger partial charge in [0.05, 0.1) is 0 Å². The van der Waals surface area contributed by atoms with Crippen molar-refractivity contribution in [3.05, 3.63) is 0 Å². The molecule has 5 heteroatoms. The third-order valence-corrected chi connectivity index (χ3v) is 0. The summed E-state index contributed by atoms with van der Waals surface area (Å²) in [5, 5.41) is 0. The van der Waals surface area contributed by atoms with Crippen LogP contribution in [-0.4, -0.2) is 23.2 Å². The molecular formula is CH3NaO4. The zero-order valence-corrected chi connectivity index (χ0v) is 5.25. The molecule has 0 aromatic carbocycles. The first-order valence-electron chi connectivity index (χ1n) is 0.204. The number of carbonyl (C=O) groups excluding carboxylic acids is 1. The van der Waals surface area contributed by atoms with Gasteiger partial charge in [-0.15, -0.1) is 0 Å². The van der Waals surface area contributed by atoms with Crippen molar-refractivity contribution in [2.45, 2.75) is 0 Å². The van der Waals surface area contributed by atoms with Gasteiger partial charge < -0.3 is 16.4 Å². The van der Waals surface area contributed by atoms with E-state index >= 15 is 0 Å². The molecule has 6 heavy (non-hydrogen) atoms. The van der Waals surface area contributed by atoms with Crippen LogP contribution in [0.4, 0.5) is 0 Å². The summed E-state index contributed by atoms with van der Waals surface area (Å²) in [6.45, 7) is 4.50. The fourth-order valence-electron chi connectivity index (χ4n) is 0. The minimum atomic E-state index is 0. The van der Waals surface area contributed by atoms with Crippen LogP contribution in [0.1, 0.15) is 0 Å². The maximum atomic E-state index is 7.50. The van der Waals surface area contributed by atoms with Crippen LogP contribution in [0.3, 0.4) is 0 Å². The Balaban J connectivity index is -0.000000000833. The van der Waals surface area contributed by atoms with Gasteiger partial charge in [0.25, 0.3) is 0 Å². The van der Waals surface area contributed by atoms with E-state index in [0.29, 0.717) is 0 Å². The minimum Gasteiger partial charge on any atom is -0.870 e. The van der Waals surface area contributed by atoms with E-state index in [0.717, 1.165) is 0 Å². The van der Waals surface area contributed by atoms with Gasteiger partial charge in [-0.25, -0.2) is 0 Å². The molecule has 0 aromatic heterocycles. The monoisotopic (exact) mass is 102 g/mol. The second kappa shape index (κ2) is 269. The summed E-state index contributed by atoms with van der Waals surface area (Å²) in [6.07, 6.45) is 0. The van der Waals surface area contributed by atoms with Crippen molar-refractivity contribution < 1.29 is 50.8 Å². The smallest absolute Gasteiger partial charge is 0.870 e. The first-order valence-corrected chi connectivity index (χ1v) is 0.204. The normalized spacial score (nSPS) is 1.00. The Bertz CT molecular complexity index is 7.51. The zero-order chi connectivity index (χ0) is 2.00. The first-order chi connectivity index (χ1) is 1.00. The third kappa shape index (κ3) is 137. The molecule has 3 N–H and O–H groups in total. The molecule has 0 aliphatic rings. The summed E-state index contributed by atoms with van der Waals surface area (Å²) in [5.41, 5.74) is 0. The fraction of sp³-hybridized carbons (Fsp3) is 0. The molecule has 0 saturated carbocycles. The van der Waals surface area contributed by atoms with Crippen LogP contribution in [-0.2, 0) is 4.79 Å². The summed E-state index contributed by atoms with van der Waals surface area (Å²) in [5.74, 6) is 0. The minimum absolute atomic E-state index is 0. The standard InChI is InChI=1S/CO.Na.3H2O/c1-2;;;;/h;;3*1H2/q+2;+1;;;/p-3. The van der Waals surface area contributed by atoms with Crippen molar-refractivity contribution in [3.8, 4) is 0 Å². The number of hydrogen-bond donors (Lipinski definition) is 0. The maximum Gasteiger partial charge on any atom is 1.00 e. The summed E-state index contributed by atoms with van der Waals surface area (Å²) in [4.78, 5) is 7.50. The molecule has 0 atom stereocenters. The van der Waals surface area contributed by atoms with Gasteiger partial charge in [0.2, 0.25) is 0 Å². The quantitative estimate of drug-likeness (QED) is 0.291. The second-order valence-corrected chi connectivity index (χ2v) is 0. The molecule has 0 amide bonds. The molecule has 0 aromatic rings. The van der Waals surface area contributed by atoms with E-state index < -0.39 is 0 Å². The van der Waals surface area contributed by atoms with Gasteiger partial charge in [-0.2, -0.15) is 0 Å². The van der Waals surface area contributed by atoms with E-state index in [1.165, 1.54) is 0 Å². The summed E-state index contributed by atoms with van der Waals surface area (Å²) < 4.78 is 0. The van der Waals surface area contributed by atoms with Gasteiger partial charge >= 0.3 is 41.1 Å². The molecule has 0 radical (unpaired) electrons. The predicted octanol–water partition coefficient (Wildman–Crippen LogP) is -3.92. The van der Waals surface area contributed by atoms with Crippen molar-refractivity contribution in [3.63, 3.8) is 0 Å². The van der Waals surface area contributed by atoms with Crippen molar-refractivity contribution in [1.82, 2.24) is 0 Å². The van der Waals surface area contributed by atoms with Crippen LogP contribution in [0.2, 0.25) is 0 Å². The SMILES string of the molecule is [C+2]=O.[Na+].[OH-].[OH-].[OH-]. The van der Waals surface area contributed by atoms with Gasteiger partial charge in [-0.1, -0.05) is 0 Å². The van der Waals surface area contributed by atoms with Gasteiger partial charge in [0.1, 0.15) is 0 Å². The summed E-state index contributed by atoms with van der Waals surface area (Å²) >= 11 is 0. The Labute approximate surface area is 57.8 Å². The van der Waals surface area contributed by atoms with E-state index in [4.69, 9.17) is 4.79 Å². The van der Waals surface area contributed by atoms with Crippen LogP contribution in [0.5, 0.6) is 0 Å². The van der Waals surface area contributed by atoms with E-state index in [-0.39, 0.29) is 46.0 Å². The fourth-order valence-corrected chi connectivity index (χ4v) is 0. The second-order valence-electron chi connectivity index (χ2n) is 0. The molecule has 0 aliphatic heterocycles. The Morgan fingerprint density at radius 2 is 0.833 bits per heavy atom. The summed E-state index contributed by atoms with van der Waals surface area (Å²) in [7, 11) is 0. The number of rotatable bonds is 0. The largest absolute Gasteiger partial charge is 1.00 e. The molecule has 0 spiro atoms. The van der Waals surface area contributed by atoms with Crippen molar-refractivity contribution >= 4 is 6.79 Å².